The molecule has 13 heavy (non-hydrogen) atoms. The van der Waals surface area contributed by atoms with E-state index in [0.29, 0.717) is 0 Å². The number of hydrogen-bond donors (Lipinski definition) is 2. The smallest absolute Gasteiger partial charge is 0.308 e. The van der Waals surface area contributed by atoms with E-state index in [2.05, 4.69) is 12.2 Å². The Morgan fingerprint density at radius 1 is 1.31 bits per heavy atom. The van der Waals surface area contributed by atoms with Gasteiger partial charge in [-0.05, 0) is 12.8 Å². The second-order valence-electron chi connectivity index (χ2n) is 3.29. The summed E-state index contributed by atoms with van der Waals surface area (Å²) in [5.74, 6) is 0. The molecule has 2 N–H and O–H groups in total. The predicted molar refractivity (Wildman–Crippen MR) is 54.4 cm³/mol. The van der Waals surface area contributed by atoms with Crippen LogP contribution in [-0.4, -0.2) is 26.0 Å². The summed E-state index contributed by atoms with van der Waals surface area (Å²) in [7, 11) is -4.17. The maximum atomic E-state index is 11.0. The molecule has 0 spiro atoms. The topological polar surface area (TPSA) is 60.8 Å². The molecule has 6 heteroatoms. The molecule has 1 saturated carbocycles. The molecule has 0 bridgehead atoms. The first-order valence-electron chi connectivity index (χ1n) is 4.35. The highest BCUT2D eigenvalue weighted by atomic mass is 32.1. The molecule has 0 aromatic carbocycles. The van der Waals surface area contributed by atoms with Gasteiger partial charge in [0.25, 0.3) is 0 Å². The van der Waals surface area contributed by atoms with Gasteiger partial charge in [-0.2, -0.15) is 0 Å². The summed E-state index contributed by atoms with van der Waals surface area (Å²) in [4.78, 5) is 17.9. The van der Waals surface area contributed by atoms with E-state index in [4.69, 9.17) is 9.79 Å². The summed E-state index contributed by atoms with van der Waals surface area (Å²) < 4.78 is 12.0. The maximum absolute atomic E-state index is 11.0. The lowest BCUT2D eigenvalue weighted by Gasteiger charge is -2.32. The number of rotatable bonds is 3. The molecule has 1 aliphatic carbocycles. The van der Waals surface area contributed by atoms with Crippen LogP contribution in [0, 0.1) is 0 Å². The standard InChI is InChI=1S/C7H14NO3PS/c9-12(10,11)8(6-13)7-4-2-1-3-5-7/h6-7H,1-5H2,(H2,9,10,11). The molecule has 0 aromatic heterocycles. The van der Waals surface area contributed by atoms with Crippen LogP contribution in [0.5, 0.6) is 0 Å². The van der Waals surface area contributed by atoms with Crippen molar-refractivity contribution < 1.29 is 14.4 Å². The minimum absolute atomic E-state index is 0.0629. The highest BCUT2D eigenvalue weighted by molar-refractivity contribution is 7.79. The average Bonchev–Trinajstić information content (AvgIpc) is 2.05. The van der Waals surface area contributed by atoms with Gasteiger partial charge in [-0.1, -0.05) is 31.5 Å². The number of thiocarbonyl (C=S) groups is 1. The van der Waals surface area contributed by atoms with E-state index in [9.17, 15) is 4.57 Å². The van der Waals surface area contributed by atoms with Crippen molar-refractivity contribution in [3.8, 4) is 0 Å². The Balaban J connectivity index is 2.65. The van der Waals surface area contributed by atoms with Crippen LogP contribution >= 0.6 is 20.0 Å². The van der Waals surface area contributed by atoms with Gasteiger partial charge in [0.15, 0.2) is 0 Å². The molecule has 0 radical (unpaired) electrons. The van der Waals surface area contributed by atoms with Gasteiger partial charge in [0.05, 0.1) is 5.49 Å². The van der Waals surface area contributed by atoms with Crippen molar-refractivity contribution in [3.05, 3.63) is 0 Å². The Morgan fingerprint density at radius 3 is 2.23 bits per heavy atom. The molecule has 0 heterocycles. The van der Waals surface area contributed by atoms with Gasteiger partial charge < -0.3 is 9.79 Å². The highest BCUT2D eigenvalue weighted by Crippen LogP contribution is 2.43. The van der Waals surface area contributed by atoms with E-state index in [1.807, 2.05) is 0 Å². The molecule has 76 valence electrons. The third kappa shape index (κ3) is 3.02. The lowest BCUT2D eigenvalue weighted by atomic mass is 9.96. The molecule has 0 aliphatic heterocycles. The largest absolute Gasteiger partial charge is 0.430 e. The number of hydrogen-bond acceptors (Lipinski definition) is 2. The van der Waals surface area contributed by atoms with E-state index in [0.717, 1.165) is 42.3 Å². The molecule has 0 aromatic rings. The summed E-state index contributed by atoms with van der Waals surface area (Å²) in [6, 6.07) is -0.0629. The second kappa shape index (κ2) is 4.51. The Morgan fingerprint density at radius 2 is 1.85 bits per heavy atom. The van der Waals surface area contributed by atoms with Crippen molar-refractivity contribution >= 4 is 25.5 Å². The zero-order valence-corrected chi connectivity index (χ0v) is 9.01. The van der Waals surface area contributed by atoms with Gasteiger partial charge >= 0.3 is 7.75 Å². The first kappa shape index (κ1) is 11.1. The third-order valence-electron chi connectivity index (χ3n) is 2.36. The van der Waals surface area contributed by atoms with Crippen molar-refractivity contribution in [3.63, 3.8) is 0 Å². The van der Waals surface area contributed by atoms with Crippen molar-refractivity contribution in [1.29, 1.82) is 0 Å². The van der Waals surface area contributed by atoms with Crippen molar-refractivity contribution in [2.45, 2.75) is 38.1 Å². The van der Waals surface area contributed by atoms with Gasteiger partial charge in [0, 0.05) is 6.04 Å². The molecule has 1 rings (SSSR count). The van der Waals surface area contributed by atoms with Crippen molar-refractivity contribution in [2.75, 3.05) is 0 Å². The molecule has 0 amide bonds. The molecular formula is C7H14NO3PS. The molecule has 0 saturated heterocycles. The number of nitrogens with zero attached hydrogens (tertiary/aromatic N) is 1. The summed E-state index contributed by atoms with van der Waals surface area (Å²) in [5.41, 5.74) is 1.09. The van der Waals surface area contributed by atoms with Crippen LogP contribution < -0.4 is 0 Å². The van der Waals surface area contributed by atoms with Crippen LogP contribution in [0.15, 0.2) is 0 Å². The Kier molecular flexibility index (Phi) is 3.86. The van der Waals surface area contributed by atoms with E-state index >= 15 is 0 Å². The fourth-order valence-electron chi connectivity index (χ4n) is 1.71. The van der Waals surface area contributed by atoms with Crippen LogP contribution in [0.4, 0.5) is 0 Å². The van der Waals surface area contributed by atoms with Gasteiger partial charge in [-0.3, -0.25) is 4.67 Å². The molecule has 0 atom stereocenters. The predicted octanol–water partition coefficient (Wildman–Crippen LogP) is 1.67. The summed E-state index contributed by atoms with van der Waals surface area (Å²) in [5, 5.41) is 0. The zero-order chi connectivity index (χ0) is 9.90. The first-order chi connectivity index (χ1) is 6.05. The fourth-order valence-corrected chi connectivity index (χ4v) is 3.03. The Labute approximate surface area is 83.1 Å². The van der Waals surface area contributed by atoms with Crippen LogP contribution in [0.2, 0.25) is 0 Å². The summed E-state index contributed by atoms with van der Waals surface area (Å²) in [6.45, 7) is 0. The van der Waals surface area contributed by atoms with Crippen molar-refractivity contribution in [1.82, 2.24) is 4.67 Å². The molecular weight excluding hydrogens is 209 g/mol. The maximum Gasteiger partial charge on any atom is 0.430 e. The Hall–Kier alpha value is 0.0400. The van der Waals surface area contributed by atoms with Crippen LogP contribution in [-0.2, 0) is 4.57 Å². The minimum atomic E-state index is -4.17. The van der Waals surface area contributed by atoms with Gasteiger partial charge in [-0.15, -0.1) is 0 Å². The summed E-state index contributed by atoms with van der Waals surface area (Å²) >= 11 is 4.61. The lowest BCUT2D eigenvalue weighted by molar-refractivity contribution is 0.257. The zero-order valence-electron chi connectivity index (χ0n) is 7.30. The van der Waals surface area contributed by atoms with E-state index in [1.54, 1.807) is 0 Å². The van der Waals surface area contributed by atoms with Gasteiger partial charge in [0.2, 0.25) is 0 Å². The van der Waals surface area contributed by atoms with Crippen LogP contribution in [0.3, 0.4) is 0 Å². The monoisotopic (exact) mass is 223 g/mol. The van der Waals surface area contributed by atoms with Crippen LogP contribution in [0.1, 0.15) is 32.1 Å². The normalized spacial score (nSPS) is 19.8. The van der Waals surface area contributed by atoms with Gasteiger partial charge in [-0.25, -0.2) is 4.57 Å². The lowest BCUT2D eigenvalue weighted by Crippen LogP contribution is -2.32. The molecule has 1 aliphatic rings. The molecule has 4 nitrogen and oxygen atoms in total. The van der Waals surface area contributed by atoms with Crippen LogP contribution in [0.25, 0.3) is 0 Å². The quantitative estimate of drug-likeness (QED) is 0.563. The minimum Gasteiger partial charge on any atom is -0.308 e. The fraction of sp³-hybridized carbons (Fsp3) is 0.857. The van der Waals surface area contributed by atoms with E-state index < -0.39 is 7.75 Å². The second-order valence-corrected chi connectivity index (χ2v) is 4.99. The SMILES string of the molecule is O=P(O)(O)N(C=S)C1CCCCC1. The van der Waals surface area contributed by atoms with Crippen molar-refractivity contribution in [2.24, 2.45) is 0 Å². The van der Waals surface area contributed by atoms with E-state index in [-0.39, 0.29) is 6.04 Å². The highest BCUT2D eigenvalue weighted by Gasteiger charge is 2.30. The average molecular weight is 223 g/mol. The third-order valence-corrected chi connectivity index (χ3v) is 3.78. The van der Waals surface area contributed by atoms with E-state index in [1.165, 1.54) is 0 Å². The summed E-state index contributed by atoms with van der Waals surface area (Å²) in [6.07, 6.45) is 4.88. The van der Waals surface area contributed by atoms with Gasteiger partial charge in [0.1, 0.15) is 0 Å². The molecule has 0 unspecified atom stereocenters. The molecule has 1 fully saturated rings. The first-order valence-corrected chi connectivity index (χ1v) is 6.39. The Bertz CT molecular complexity index is 224.